The summed E-state index contributed by atoms with van der Waals surface area (Å²) in [6.07, 6.45) is 1.73. The molecule has 1 aliphatic heterocycles. The summed E-state index contributed by atoms with van der Waals surface area (Å²) >= 11 is 0. The lowest BCUT2D eigenvalue weighted by Gasteiger charge is -2.29. The van der Waals surface area contributed by atoms with Crippen molar-refractivity contribution in [3.8, 4) is 11.4 Å². The van der Waals surface area contributed by atoms with Crippen LogP contribution in [0.5, 0.6) is 0 Å². The van der Waals surface area contributed by atoms with E-state index in [-0.39, 0.29) is 17.8 Å². The van der Waals surface area contributed by atoms with Crippen LogP contribution in [0.25, 0.3) is 11.4 Å². The molecule has 5 nitrogen and oxygen atoms in total. The van der Waals surface area contributed by atoms with E-state index in [1.807, 2.05) is 25.7 Å². The van der Waals surface area contributed by atoms with Crippen LogP contribution in [0.15, 0.2) is 28.8 Å². The summed E-state index contributed by atoms with van der Waals surface area (Å²) in [7, 11) is 0. The predicted octanol–water partition coefficient (Wildman–Crippen LogP) is 3.59. The van der Waals surface area contributed by atoms with Crippen LogP contribution in [0, 0.1) is 11.2 Å². The van der Waals surface area contributed by atoms with Crippen LogP contribution in [-0.4, -0.2) is 27.5 Å². The van der Waals surface area contributed by atoms with E-state index in [0.29, 0.717) is 23.8 Å². The molecule has 0 N–H and O–H groups in total. The molecule has 1 fully saturated rings. The summed E-state index contributed by atoms with van der Waals surface area (Å²) in [5.41, 5.74) is 0.246. The normalized spacial score (nSPS) is 18.4. The number of carbonyl (C=O) groups is 1. The molecule has 1 aliphatic rings. The highest BCUT2D eigenvalue weighted by Gasteiger charge is 2.38. The molecular formula is C17H20FN3O2. The van der Waals surface area contributed by atoms with Gasteiger partial charge in [-0.3, -0.25) is 4.79 Å². The molecule has 1 saturated heterocycles. The molecule has 23 heavy (non-hydrogen) atoms. The van der Waals surface area contributed by atoms with E-state index >= 15 is 0 Å². The number of likely N-dealkylation sites (tertiary alicyclic amines) is 1. The Bertz CT molecular complexity index is 703. The highest BCUT2D eigenvalue weighted by atomic mass is 19.1. The lowest BCUT2D eigenvalue weighted by molar-refractivity contribution is -0.140. The quantitative estimate of drug-likeness (QED) is 0.849. The van der Waals surface area contributed by atoms with E-state index in [0.717, 1.165) is 12.8 Å². The van der Waals surface area contributed by atoms with Gasteiger partial charge in [0.2, 0.25) is 17.6 Å². The number of aromatic nitrogens is 2. The zero-order valence-electron chi connectivity index (χ0n) is 13.5. The maximum atomic E-state index is 13.0. The minimum atomic E-state index is -0.442. The van der Waals surface area contributed by atoms with Gasteiger partial charge in [-0.05, 0) is 37.1 Å². The van der Waals surface area contributed by atoms with Crippen molar-refractivity contribution in [1.82, 2.24) is 15.0 Å². The van der Waals surface area contributed by atoms with Gasteiger partial charge in [-0.15, -0.1) is 0 Å². The first-order valence-electron chi connectivity index (χ1n) is 7.77. The summed E-state index contributed by atoms with van der Waals surface area (Å²) in [4.78, 5) is 18.8. The number of halogens is 1. The van der Waals surface area contributed by atoms with Crippen molar-refractivity contribution < 1.29 is 13.7 Å². The molecule has 2 aromatic rings. The van der Waals surface area contributed by atoms with Gasteiger partial charge in [0.15, 0.2) is 0 Å². The molecule has 6 heteroatoms. The van der Waals surface area contributed by atoms with Crippen molar-refractivity contribution in [2.24, 2.45) is 5.41 Å². The Labute approximate surface area is 134 Å². The average Bonchev–Trinajstić information content (AvgIpc) is 3.15. The molecule has 1 aromatic heterocycles. The van der Waals surface area contributed by atoms with E-state index in [1.54, 1.807) is 12.1 Å². The molecule has 0 aliphatic carbocycles. The van der Waals surface area contributed by atoms with Crippen LogP contribution in [0.3, 0.4) is 0 Å². The number of amides is 1. The fourth-order valence-corrected chi connectivity index (χ4v) is 2.78. The molecular weight excluding hydrogens is 297 g/mol. The average molecular weight is 317 g/mol. The fraction of sp³-hybridized carbons (Fsp3) is 0.471. The van der Waals surface area contributed by atoms with Gasteiger partial charge in [-0.1, -0.05) is 25.9 Å². The molecule has 2 heterocycles. The standard InChI is InChI=1S/C17H20FN3O2/c1-17(2,3)16(22)21-10-4-5-13(21)15-19-14(20-23-15)11-6-8-12(18)9-7-11/h6-9,13H,4-5,10H2,1-3H3/t13-/m1/s1. The third-order valence-corrected chi connectivity index (χ3v) is 3.98. The van der Waals surface area contributed by atoms with Gasteiger partial charge >= 0.3 is 0 Å². The van der Waals surface area contributed by atoms with E-state index in [4.69, 9.17) is 4.52 Å². The maximum absolute atomic E-state index is 13.0. The van der Waals surface area contributed by atoms with Crippen LogP contribution < -0.4 is 0 Å². The summed E-state index contributed by atoms with van der Waals surface area (Å²) in [6.45, 7) is 6.42. The van der Waals surface area contributed by atoms with E-state index in [2.05, 4.69) is 10.1 Å². The topological polar surface area (TPSA) is 59.2 Å². The Morgan fingerprint density at radius 2 is 2.00 bits per heavy atom. The first-order valence-corrected chi connectivity index (χ1v) is 7.77. The maximum Gasteiger partial charge on any atom is 0.249 e. The van der Waals surface area contributed by atoms with Crippen molar-refractivity contribution in [3.63, 3.8) is 0 Å². The third kappa shape index (κ3) is 3.11. The molecule has 1 aromatic carbocycles. The molecule has 0 radical (unpaired) electrons. The Hall–Kier alpha value is -2.24. The monoisotopic (exact) mass is 317 g/mol. The highest BCUT2D eigenvalue weighted by molar-refractivity contribution is 5.82. The molecule has 0 unspecified atom stereocenters. The zero-order chi connectivity index (χ0) is 16.6. The smallest absolute Gasteiger partial charge is 0.249 e. The zero-order valence-corrected chi connectivity index (χ0v) is 13.5. The van der Waals surface area contributed by atoms with Crippen molar-refractivity contribution in [3.05, 3.63) is 36.0 Å². The van der Waals surface area contributed by atoms with E-state index in [1.165, 1.54) is 12.1 Å². The summed E-state index contributed by atoms with van der Waals surface area (Å²) in [6, 6.07) is 5.75. The SMILES string of the molecule is CC(C)(C)C(=O)N1CCC[C@@H]1c1nc(-c2ccc(F)cc2)no1. The van der Waals surface area contributed by atoms with Gasteiger partial charge in [0.1, 0.15) is 11.9 Å². The van der Waals surface area contributed by atoms with Crippen LogP contribution in [-0.2, 0) is 4.79 Å². The van der Waals surface area contributed by atoms with Crippen molar-refractivity contribution in [1.29, 1.82) is 0 Å². The molecule has 3 rings (SSSR count). The van der Waals surface area contributed by atoms with Gasteiger partial charge in [0.25, 0.3) is 0 Å². The second-order valence-electron chi connectivity index (χ2n) is 6.87. The highest BCUT2D eigenvalue weighted by Crippen LogP contribution is 2.35. The van der Waals surface area contributed by atoms with Crippen LogP contribution in [0.4, 0.5) is 4.39 Å². The predicted molar refractivity (Wildman–Crippen MR) is 82.8 cm³/mol. The molecule has 0 spiro atoms. The minimum absolute atomic E-state index is 0.0848. The number of benzene rings is 1. The number of carbonyl (C=O) groups excluding carboxylic acids is 1. The summed E-state index contributed by atoms with van der Waals surface area (Å²) in [5.74, 6) is 0.631. The number of nitrogens with zero attached hydrogens (tertiary/aromatic N) is 3. The van der Waals surface area contributed by atoms with Gasteiger partial charge in [-0.2, -0.15) is 4.98 Å². The number of hydrogen-bond acceptors (Lipinski definition) is 4. The summed E-state index contributed by atoms with van der Waals surface area (Å²) < 4.78 is 18.4. The van der Waals surface area contributed by atoms with E-state index in [9.17, 15) is 9.18 Å². The lowest BCUT2D eigenvalue weighted by atomic mass is 9.94. The Morgan fingerprint density at radius 3 is 2.65 bits per heavy atom. The third-order valence-electron chi connectivity index (χ3n) is 3.98. The van der Waals surface area contributed by atoms with Gasteiger partial charge < -0.3 is 9.42 Å². The molecule has 0 bridgehead atoms. The molecule has 1 atom stereocenters. The Kier molecular flexibility index (Phi) is 3.92. The van der Waals surface area contributed by atoms with Gasteiger partial charge in [-0.25, -0.2) is 4.39 Å². The van der Waals surface area contributed by atoms with Crippen molar-refractivity contribution >= 4 is 5.91 Å². The van der Waals surface area contributed by atoms with E-state index < -0.39 is 5.41 Å². The van der Waals surface area contributed by atoms with Crippen molar-refractivity contribution in [2.45, 2.75) is 39.7 Å². The Balaban J connectivity index is 1.84. The first-order chi connectivity index (χ1) is 10.9. The van der Waals surface area contributed by atoms with Crippen LogP contribution >= 0.6 is 0 Å². The first kappa shape index (κ1) is 15.6. The second-order valence-corrected chi connectivity index (χ2v) is 6.87. The van der Waals surface area contributed by atoms with Crippen molar-refractivity contribution in [2.75, 3.05) is 6.54 Å². The van der Waals surface area contributed by atoms with Crippen LogP contribution in [0.1, 0.15) is 45.5 Å². The minimum Gasteiger partial charge on any atom is -0.337 e. The molecule has 1 amide bonds. The fourth-order valence-electron chi connectivity index (χ4n) is 2.78. The number of hydrogen-bond donors (Lipinski definition) is 0. The second kappa shape index (κ2) is 5.76. The van der Waals surface area contributed by atoms with Gasteiger partial charge in [0.05, 0.1) is 0 Å². The Morgan fingerprint density at radius 1 is 1.30 bits per heavy atom. The van der Waals surface area contributed by atoms with Crippen LogP contribution in [0.2, 0.25) is 0 Å². The lowest BCUT2D eigenvalue weighted by Crippen LogP contribution is -2.39. The van der Waals surface area contributed by atoms with Gasteiger partial charge in [0, 0.05) is 17.5 Å². The molecule has 0 saturated carbocycles. The molecule has 122 valence electrons. The largest absolute Gasteiger partial charge is 0.337 e. The summed E-state index contributed by atoms with van der Waals surface area (Å²) in [5, 5.41) is 3.97. The number of rotatable bonds is 2.